The molecule has 0 bridgehead atoms. The topological polar surface area (TPSA) is 52.0 Å². The highest BCUT2D eigenvalue weighted by Gasteiger charge is 2.08. The maximum Gasteiger partial charge on any atom is 0.227 e. The Balaban J connectivity index is 2.03. The van der Waals surface area contributed by atoms with E-state index in [1.54, 1.807) is 6.07 Å². The Hall–Kier alpha value is -2.29. The molecule has 2 aromatic carbocycles. The number of rotatable bonds is 2. The summed E-state index contributed by atoms with van der Waals surface area (Å²) in [7, 11) is 0. The van der Waals surface area contributed by atoms with Crippen LogP contribution in [0.2, 0.25) is 0 Å². The lowest BCUT2D eigenvalue weighted by Gasteiger charge is -2.04. The monoisotopic (exact) mass is 252 g/mol. The molecule has 2 N–H and O–H groups in total. The van der Waals surface area contributed by atoms with E-state index in [1.165, 1.54) is 5.56 Å². The average Bonchev–Trinajstić information content (AvgIpc) is 2.81. The van der Waals surface area contributed by atoms with Crippen molar-refractivity contribution in [3.05, 3.63) is 48.0 Å². The summed E-state index contributed by atoms with van der Waals surface area (Å²) in [5.41, 5.74) is 10.3. The van der Waals surface area contributed by atoms with E-state index in [1.807, 2.05) is 24.3 Å². The number of hydrogen-bond donors (Lipinski definition) is 1. The van der Waals surface area contributed by atoms with Crippen LogP contribution in [0.25, 0.3) is 22.6 Å². The molecule has 0 aliphatic rings. The lowest BCUT2D eigenvalue weighted by molar-refractivity contribution is 0.620. The van der Waals surface area contributed by atoms with Crippen molar-refractivity contribution in [3.8, 4) is 11.5 Å². The predicted molar refractivity (Wildman–Crippen MR) is 77.9 cm³/mol. The zero-order valence-electron chi connectivity index (χ0n) is 11.1. The number of oxazole rings is 1. The minimum absolute atomic E-state index is 0.525. The number of nitrogens with two attached hydrogens (primary N) is 1. The molecule has 0 unspecified atom stereocenters. The van der Waals surface area contributed by atoms with Gasteiger partial charge in [0, 0.05) is 17.3 Å². The molecule has 0 saturated heterocycles. The summed E-state index contributed by atoms with van der Waals surface area (Å²) in [6.07, 6.45) is 0. The summed E-state index contributed by atoms with van der Waals surface area (Å²) in [5, 5.41) is 0. The molecule has 1 aromatic heterocycles. The van der Waals surface area contributed by atoms with Gasteiger partial charge in [-0.2, -0.15) is 0 Å². The molecule has 19 heavy (non-hydrogen) atoms. The maximum absolute atomic E-state index is 5.74. The molecule has 0 radical (unpaired) electrons. The van der Waals surface area contributed by atoms with Crippen molar-refractivity contribution in [3.63, 3.8) is 0 Å². The molecule has 0 amide bonds. The van der Waals surface area contributed by atoms with Gasteiger partial charge in [-0.25, -0.2) is 4.98 Å². The lowest BCUT2D eigenvalue weighted by Crippen LogP contribution is -1.86. The summed E-state index contributed by atoms with van der Waals surface area (Å²) in [5.74, 6) is 1.16. The number of fused-ring (bicyclic) bond motifs is 1. The highest BCUT2D eigenvalue weighted by molar-refractivity contribution is 5.79. The van der Waals surface area contributed by atoms with E-state index in [0.29, 0.717) is 17.5 Å². The average molecular weight is 252 g/mol. The molecule has 0 atom stereocenters. The number of hydrogen-bond acceptors (Lipinski definition) is 3. The molecule has 3 nitrogen and oxygen atoms in total. The molecule has 3 heteroatoms. The van der Waals surface area contributed by atoms with Crippen molar-refractivity contribution in [1.82, 2.24) is 4.98 Å². The van der Waals surface area contributed by atoms with Crippen LogP contribution in [-0.4, -0.2) is 4.98 Å². The highest BCUT2D eigenvalue weighted by Crippen LogP contribution is 2.26. The Bertz CT molecular complexity index is 711. The fraction of sp³-hybridized carbons (Fsp3) is 0.188. The quantitative estimate of drug-likeness (QED) is 0.695. The van der Waals surface area contributed by atoms with Crippen LogP contribution >= 0.6 is 0 Å². The third kappa shape index (κ3) is 2.19. The van der Waals surface area contributed by atoms with Crippen molar-refractivity contribution in [2.75, 3.05) is 5.73 Å². The third-order valence-corrected chi connectivity index (χ3v) is 3.24. The third-order valence-electron chi connectivity index (χ3n) is 3.24. The van der Waals surface area contributed by atoms with Crippen LogP contribution in [0.5, 0.6) is 0 Å². The zero-order chi connectivity index (χ0) is 13.4. The summed E-state index contributed by atoms with van der Waals surface area (Å²) in [6, 6.07) is 13.8. The Kier molecular flexibility index (Phi) is 2.75. The van der Waals surface area contributed by atoms with Crippen molar-refractivity contribution in [2.45, 2.75) is 19.8 Å². The molecule has 96 valence electrons. The van der Waals surface area contributed by atoms with Gasteiger partial charge in [-0.1, -0.05) is 26.0 Å². The summed E-state index contributed by atoms with van der Waals surface area (Å²) in [4.78, 5) is 4.48. The van der Waals surface area contributed by atoms with Crippen LogP contribution in [0.1, 0.15) is 25.3 Å². The molecule has 0 fully saturated rings. The molecular formula is C16H16N2O. The van der Waals surface area contributed by atoms with Crippen LogP contribution in [0.3, 0.4) is 0 Å². The summed E-state index contributed by atoms with van der Waals surface area (Å²) >= 11 is 0. The number of anilines is 1. The standard InChI is InChI=1S/C16H16N2O/c1-10(2)11-3-5-12(6-4-11)16-18-14-8-7-13(17)9-15(14)19-16/h3-10H,17H2,1-2H3. The minimum Gasteiger partial charge on any atom is -0.436 e. The second-order valence-electron chi connectivity index (χ2n) is 5.02. The summed E-state index contributed by atoms with van der Waals surface area (Å²) < 4.78 is 5.74. The highest BCUT2D eigenvalue weighted by atomic mass is 16.3. The molecular weight excluding hydrogens is 236 g/mol. The molecule has 0 aliphatic carbocycles. The fourth-order valence-corrected chi connectivity index (χ4v) is 2.08. The van der Waals surface area contributed by atoms with Crippen LogP contribution in [0, 0.1) is 0 Å². The minimum atomic E-state index is 0.525. The SMILES string of the molecule is CC(C)c1ccc(-c2nc3ccc(N)cc3o2)cc1. The van der Waals surface area contributed by atoms with Gasteiger partial charge in [-0.05, 0) is 35.7 Å². The molecule has 3 rings (SSSR count). The normalized spacial score (nSPS) is 11.3. The number of nitrogens with zero attached hydrogens (tertiary/aromatic N) is 1. The van der Waals surface area contributed by atoms with Crippen molar-refractivity contribution >= 4 is 16.8 Å². The second-order valence-corrected chi connectivity index (χ2v) is 5.02. The van der Waals surface area contributed by atoms with Gasteiger partial charge in [-0.3, -0.25) is 0 Å². The fourth-order valence-electron chi connectivity index (χ4n) is 2.08. The van der Waals surface area contributed by atoms with Crippen molar-refractivity contribution in [1.29, 1.82) is 0 Å². The smallest absolute Gasteiger partial charge is 0.227 e. The molecule has 0 aliphatic heterocycles. The molecule has 1 heterocycles. The maximum atomic E-state index is 5.74. The number of nitrogen functional groups attached to an aromatic ring is 1. The number of benzene rings is 2. The van der Waals surface area contributed by atoms with Crippen LogP contribution in [0.15, 0.2) is 46.9 Å². The Labute approximate surface area is 112 Å². The van der Waals surface area contributed by atoms with Gasteiger partial charge in [-0.15, -0.1) is 0 Å². The number of aromatic nitrogens is 1. The van der Waals surface area contributed by atoms with E-state index < -0.39 is 0 Å². The van der Waals surface area contributed by atoms with Crippen molar-refractivity contribution < 1.29 is 4.42 Å². The van der Waals surface area contributed by atoms with Crippen LogP contribution in [-0.2, 0) is 0 Å². The second kappa shape index (κ2) is 4.43. The largest absolute Gasteiger partial charge is 0.436 e. The van der Waals surface area contributed by atoms with E-state index in [-0.39, 0.29) is 0 Å². The first-order valence-electron chi connectivity index (χ1n) is 6.40. The summed E-state index contributed by atoms with van der Waals surface area (Å²) in [6.45, 7) is 4.36. The Morgan fingerprint density at radius 1 is 1.05 bits per heavy atom. The van der Waals surface area contributed by atoms with Crippen LogP contribution in [0.4, 0.5) is 5.69 Å². The lowest BCUT2D eigenvalue weighted by atomic mass is 10.0. The first-order chi connectivity index (χ1) is 9.13. The van der Waals surface area contributed by atoms with Gasteiger partial charge in [0.1, 0.15) is 5.52 Å². The van der Waals surface area contributed by atoms with E-state index in [4.69, 9.17) is 10.2 Å². The van der Waals surface area contributed by atoms with Gasteiger partial charge in [0.25, 0.3) is 0 Å². The van der Waals surface area contributed by atoms with Crippen LogP contribution < -0.4 is 5.73 Å². The van der Waals surface area contributed by atoms with Gasteiger partial charge < -0.3 is 10.2 Å². The predicted octanol–water partition coefficient (Wildman–Crippen LogP) is 4.20. The first kappa shape index (κ1) is 11.8. The molecule has 3 aromatic rings. The van der Waals surface area contributed by atoms with E-state index in [2.05, 4.69) is 31.0 Å². The Morgan fingerprint density at radius 2 is 1.79 bits per heavy atom. The van der Waals surface area contributed by atoms with Gasteiger partial charge in [0.2, 0.25) is 5.89 Å². The molecule has 0 saturated carbocycles. The molecule has 0 spiro atoms. The van der Waals surface area contributed by atoms with Gasteiger partial charge in [0.15, 0.2) is 5.58 Å². The first-order valence-corrected chi connectivity index (χ1v) is 6.40. The van der Waals surface area contributed by atoms with E-state index in [0.717, 1.165) is 16.7 Å². The zero-order valence-corrected chi connectivity index (χ0v) is 11.1. The van der Waals surface area contributed by atoms with Crippen molar-refractivity contribution in [2.24, 2.45) is 0 Å². The Morgan fingerprint density at radius 3 is 2.47 bits per heavy atom. The van der Waals surface area contributed by atoms with Gasteiger partial charge >= 0.3 is 0 Å². The van der Waals surface area contributed by atoms with E-state index >= 15 is 0 Å². The van der Waals surface area contributed by atoms with Gasteiger partial charge in [0.05, 0.1) is 0 Å². The van der Waals surface area contributed by atoms with E-state index in [9.17, 15) is 0 Å².